The Kier molecular flexibility index (Phi) is 4.18. The standard InChI is InChI=1S/C18H24N2O4/c21-16(11-18(22)7-4-8-18)20-12-14(17-13(20)5-3-10-23-17)24-15-6-1-2-9-19-15/h1-2,6,9,13-14,17,22H,3-5,7-8,10-12H2/t13-,14+,17+/m1/s1. The van der Waals surface area contributed by atoms with E-state index in [1.807, 2.05) is 23.1 Å². The second-order valence-electron chi connectivity index (χ2n) is 7.17. The fourth-order valence-electron chi connectivity index (χ4n) is 4.02. The molecule has 1 aromatic heterocycles. The molecule has 1 amide bonds. The zero-order chi connectivity index (χ0) is 16.6. The van der Waals surface area contributed by atoms with Crippen molar-refractivity contribution in [1.82, 2.24) is 9.88 Å². The average molecular weight is 332 g/mol. The molecule has 0 aromatic carbocycles. The predicted octanol–water partition coefficient (Wildman–Crippen LogP) is 1.52. The zero-order valence-electron chi connectivity index (χ0n) is 13.8. The minimum Gasteiger partial charge on any atom is -0.470 e. The summed E-state index contributed by atoms with van der Waals surface area (Å²) in [7, 11) is 0. The maximum atomic E-state index is 12.7. The van der Waals surface area contributed by atoms with Crippen molar-refractivity contribution in [2.75, 3.05) is 13.2 Å². The van der Waals surface area contributed by atoms with Crippen LogP contribution in [0.2, 0.25) is 0 Å². The number of carbonyl (C=O) groups excluding carboxylic acids is 1. The topological polar surface area (TPSA) is 71.9 Å². The first kappa shape index (κ1) is 15.8. The van der Waals surface area contributed by atoms with Crippen molar-refractivity contribution in [2.45, 2.75) is 62.4 Å². The van der Waals surface area contributed by atoms with Gasteiger partial charge in [0.15, 0.2) is 0 Å². The number of pyridine rings is 1. The summed E-state index contributed by atoms with van der Waals surface area (Å²) >= 11 is 0. The Hall–Kier alpha value is -1.66. The number of nitrogens with zero attached hydrogens (tertiary/aromatic N) is 2. The highest BCUT2D eigenvalue weighted by molar-refractivity contribution is 5.78. The normalized spacial score (nSPS) is 31.2. The number of rotatable bonds is 4. The van der Waals surface area contributed by atoms with Gasteiger partial charge in [0, 0.05) is 18.9 Å². The Labute approximate surface area is 141 Å². The third-order valence-electron chi connectivity index (χ3n) is 5.47. The molecule has 0 bridgehead atoms. The van der Waals surface area contributed by atoms with Crippen LogP contribution in [-0.4, -0.2) is 57.9 Å². The fraction of sp³-hybridized carbons (Fsp3) is 0.667. The van der Waals surface area contributed by atoms with Gasteiger partial charge in [0.05, 0.1) is 24.6 Å². The van der Waals surface area contributed by atoms with Crippen LogP contribution in [0.4, 0.5) is 0 Å². The largest absolute Gasteiger partial charge is 0.470 e. The van der Waals surface area contributed by atoms with Gasteiger partial charge >= 0.3 is 0 Å². The Bertz CT molecular complexity index is 590. The number of aliphatic hydroxyl groups is 1. The van der Waals surface area contributed by atoms with E-state index < -0.39 is 5.60 Å². The molecule has 2 aliphatic heterocycles. The monoisotopic (exact) mass is 332 g/mol. The van der Waals surface area contributed by atoms with E-state index in [-0.39, 0.29) is 30.6 Å². The molecular formula is C18H24N2O4. The van der Waals surface area contributed by atoms with Crippen molar-refractivity contribution in [3.63, 3.8) is 0 Å². The first-order valence-corrected chi connectivity index (χ1v) is 8.86. The second-order valence-corrected chi connectivity index (χ2v) is 7.17. The van der Waals surface area contributed by atoms with E-state index in [2.05, 4.69) is 4.98 Å². The van der Waals surface area contributed by atoms with Crippen molar-refractivity contribution < 1.29 is 19.4 Å². The van der Waals surface area contributed by atoms with E-state index in [1.54, 1.807) is 6.20 Å². The van der Waals surface area contributed by atoms with E-state index >= 15 is 0 Å². The second kappa shape index (κ2) is 6.33. The van der Waals surface area contributed by atoms with Gasteiger partial charge < -0.3 is 19.5 Å². The van der Waals surface area contributed by atoms with Gasteiger partial charge in [-0.15, -0.1) is 0 Å². The number of likely N-dealkylation sites (tertiary alicyclic amines) is 1. The molecule has 0 unspecified atom stereocenters. The Morgan fingerprint density at radius 2 is 2.29 bits per heavy atom. The molecule has 24 heavy (non-hydrogen) atoms. The highest BCUT2D eigenvalue weighted by Gasteiger charge is 2.49. The summed E-state index contributed by atoms with van der Waals surface area (Å²) < 4.78 is 11.9. The van der Waals surface area contributed by atoms with Crippen LogP contribution in [0.25, 0.3) is 0 Å². The van der Waals surface area contributed by atoms with Gasteiger partial charge in [-0.05, 0) is 38.2 Å². The van der Waals surface area contributed by atoms with Crippen LogP contribution < -0.4 is 4.74 Å². The lowest BCUT2D eigenvalue weighted by Gasteiger charge is -2.38. The van der Waals surface area contributed by atoms with Crippen LogP contribution in [0, 0.1) is 0 Å². The molecule has 1 saturated carbocycles. The molecule has 6 heteroatoms. The van der Waals surface area contributed by atoms with Gasteiger partial charge in [0.1, 0.15) is 12.2 Å². The molecule has 130 valence electrons. The highest BCUT2D eigenvalue weighted by Crippen LogP contribution is 2.37. The summed E-state index contributed by atoms with van der Waals surface area (Å²) in [5.41, 5.74) is -0.790. The van der Waals surface area contributed by atoms with Crippen LogP contribution in [0.1, 0.15) is 38.5 Å². The first-order chi connectivity index (χ1) is 11.6. The van der Waals surface area contributed by atoms with Crippen LogP contribution in [-0.2, 0) is 9.53 Å². The van der Waals surface area contributed by atoms with Crippen molar-refractivity contribution in [1.29, 1.82) is 0 Å². The van der Waals surface area contributed by atoms with E-state index in [0.717, 1.165) is 32.1 Å². The fourth-order valence-corrected chi connectivity index (χ4v) is 4.02. The number of amides is 1. The SMILES string of the molecule is O=C(CC1(O)CCC1)N1C[C@H](Oc2ccccn2)[C@H]2OCCC[C@H]21. The number of hydrogen-bond acceptors (Lipinski definition) is 5. The summed E-state index contributed by atoms with van der Waals surface area (Å²) in [6, 6.07) is 5.59. The Balaban J connectivity index is 1.47. The quantitative estimate of drug-likeness (QED) is 0.905. The minimum atomic E-state index is -0.790. The molecule has 3 heterocycles. The maximum absolute atomic E-state index is 12.7. The number of fused-ring (bicyclic) bond motifs is 1. The summed E-state index contributed by atoms with van der Waals surface area (Å²) in [5, 5.41) is 10.3. The summed E-state index contributed by atoms with van der Waals surface area (Å²) in [6.45, 7) is 1.20. The third-order valence-corrected chi connectivity index (χ3v) is 5.47. The van der Waals surface area contributed by atoms with Gasteiger partial charge in [0.25, 0.3) is 0 Å². The van der Waals surface area contributed by atoms with Gasteiger partial charge in [-0.25, -0.2) is 4.98 Å². The van der Waals surface area contributed by atoms with Crippen LogP contribution in [0.3, 0.4) is 0 Å². The smallest absolute Gasteiger partial charge is 0.225 e. The lowest BCUT2D eigenvalue weighted by atomic mass is 9.77. The van der Waals surface area contributed by atoms with E-state index in [4.69, 9.17) is 9.47 Å². The predicted molar refractivity (Wildman–Crippen MR) is 86.5 cm³/mol. The number of aromatic nitrogens is 1. The molecule has 1 N–H and O–H groups in total. The Morgan fingerprint density at radius 1 is 1.42 bits per heavy atom. The highest BCUT2D eigenvalue weighted by atomic mass is 16.5. The van der Waals surface area contributed by atoms with Gasteiger partial charge in [-0.2, -0.15) is 0 Å². The molecule has 3 atom stereocenters. The molecule has 6 nitrogen and oxygen atoms in total. The van der Waals surface area contributed by atoms with E-state index in [9.17, 15) is 9.90 Å². The molecule has 0 radical (unpaired) electrons. The van der Waals surface area contributed by atoms with Crippen molar-refractivity contribution in [2.24, 2.45) is 0 Å². The third kappa shape index (κ3) is 3.00. The van der Waals surface area contributed by atoms with Crippen LogP contribution in [0.15, 0.2) is 24.4 Å². The molecule has 1 aliphatic carbocycles. The molecule has 3 fully saturated rings. The molecule has 4 rings (SSSR count). The summed E-state index contributed by atoms with van der Waals surface area (Å²) in [5.74, 6) is 0.576. The molecule has 3 aliphatic rings. The number of hydrogen-bond donors (Lipinski definition) is 1. The van der Waals surface area contributed by atoms with Crippen LogP contribution in [0.5, 0.6) is 5.88 Å². The van der Waals surface area contributed by atoms with E-state index in [1.165, 1.54) is 0 Å². The van der Waals surface area contributed by atoms with Gasteiger partial charge in [-0.3, -0.25) is 4.79 Å². The summed E-state index contributed by atoms with van der Waals surface area (Å²) in [4.78, 5) is 18.8. The molecular weight excluding hydrogens is 308 g/mol. The number of carbonyl (C=O) groups is 1. The minimum absolute atomic E-state index is 0.0184. The summed E-state index contributed by atoms with van der Waals surface area (Å²) in [6.07, 6.45) is 5.93. The van der Waals surface area contributed by atoms with Crippen molar-refractivity contribution >= 4 is 5.91 Å². The lowest BCUT2D eigenvalue weighted by Crippen LogP contribution is -2.47. The lowest BCUT2D eigenvalue weighted by molar-refractivity contribution is -0.143. The van der Waals surface area contributed by atoms with Crippen molar-refractivity contribution in [3.8, 4) is 5.88 Å². The van der Waals surface area contributed by atoms with Crippen molar-refractivity contribution in [3.05, 3.63) is 24.4 Å². The Morgan fingerprint density at radius 3 is 3.00 bits per heavy atom. The first-order valence-electron chi connectivity index (χ1n) is 8.86. The number of ether oxygens (including phenoxy) is 2. The molecule has 1 aromatic rings. The van der Waals surface area contributed by atoms with Gasteiger partial charge in [-0.1, -0.05) is 6.07 Å². The van der Waals surface area contributed by atoms with Crippen LogP contribution >= 0.6 is 0 Å². The maximum Gasteiger partial charge on any atom is 0.225 e. The molecule has 2 saturated heterocycles. The molecule has 0 spiro atoms. The average Bonchev–Trinajstić information content (AvgIpc) is 2.93. The van der Waals surface area contributed by atoms with E-state index in [0.29, 0.717) is 19.0 Å². The van der Waals surface area contributed by atoms with Gasteiger partial charge in [0.2, 0.25) is 11.8 Å². The zero-order valence-corrected chi connectivity index (χ0v) is 13.8.